The second-order valence-electron chi connectivity index (χ2n) is 6.71. The standard InChI is InChI=1S/C18H27N3O2/c1-13(21-8-10-23-11-9-21)14-3-6-17(7-4-14)20-18(22)15-2-5-16(19)12-15/h3-4,6-7,13,15-16H,2,5,8-12,19H2,1H3,(H,20,22). The van der Waals surface area contributed by atoms with Crippen LogP contribution in [-0.2, 0) is 9.53 Å². The average Bonchev–Trinajstić information content (AvgIpc) is 3.02. The molecule has 0 bridgehead atoms. The van der Waals surface area contributed by atoms with Gasteiger partial charge in [0.15, 0.2) is 0 Å². The van der Waals surface area contributed by atoms with Crippen LogP contribution in [0.25, 0.3) is 0 Å². The summed E-state index contributed by atoms with van der Waals surface area (Å²) >= 11 is 0. The monoisotopic (exact) mass is 317 g/mol. The molecule has 3 atom stereocenters. The van der Waals surface area contributed by atoms with Gasteiger partial charge in [0, 0.05) is 36.8 Å². The molecule has 3 unspecified atom stereocenters. The van der Waals surface area contributed by atoms with Crippen LogP contribution in [-0.4, -0.2) is 43.2 Å². The Morgan fingerprint density at radius 3 is 2.57 bits per heavy atom. The minimum atomic E-state index is 0.0666. The third-order valence-corrected chi connectivity index (χ3v) is 5.10. The van der Waals surface area contributed by atoms with Crippen molar-refractivity contribution >= 4 is 11.6 Å². The Morgan fingerprint density at radius 2 is 1.96 bits per heavy atom. The summed E-state index contributed by atoms with van der Waals surface area (Å²) in [6, 6.07) is 8.77. The van der Waals surface area contributed by atoms with Gasteiger partial charge in [0.2, 0.25) is 5.91 Å². The third kappa shape index (κ3) is 4.10. The molecule has 0 aromatic heterocycles. The van der Waals surface area contributed by atoms with E-state index in [0.29, 0.717) is 6.04 Å². The van der Waals surface area contributed by atoms with Gasteiger partial charge in [0.05, 0.1) is 13.2 Å². The van der Waals surface area contributed by atoms with E-state index in [-0.39, 0.29) is 17.9 Å². The Labute approximate surface area is 138 Å². The van der Waals surface area contributed by atoms with E-state index in [2.05, 4.69) is 29.3 Å². The van der Waals surface area contributed by atoms with Gasteiger partial charge >= 0.3 is 0 Å². The first-order valence-corrected chi connectivity index (χ1v) is 8.61. The zero-order chi connectivity index (χ0) is 16.2. The molecule has 1 amide bonds. The number of rotatable bonds is 4. The van der Waals surface area contributed by atoms with Crippen molar-refractivity contribution in [3.8, 4) is 0 Å². The smallest absolute Gasteiger partial charge is 0.227 e. The van der Waals surface area contributed by atoms with Gasteiger partial charge < -0.3 is 15.8 Å². The van der Waals surface area contributed by atoms with Gasteiger partial charge in [-0.2, -0.15) is 0 Å². The summed E-state index contributed by atoms with van der Waals surface area (Å²) in [6.07, 6.45) is 2.66. The first-order valence-electron chi connectivity index (χ1n) is 8.61. The van der Waals surface area contributed by atoms with Crippen LogP contribution in [0.1, 0.15) is 37.8 Å². The fourth-order valence-electron chi connectivity index (χ4n) is 3.52. The van der Waals surface area contributed by atoms with Crippen molar-refractivity contribution in [3.05, 3.63) is 29.8 Å². The van der Waals surface area contributed by atoms with Gasteiger partial charge in [-0.15, -0.1) is 0 Å². The van der Waals surface area contributed by atoms with Crippen molar-refractivity contribution in [3.63, 3.8) is 0 Å². The number of hydrogen-bond donors (Lipinski definition) is 2. The maximum Gasteiger partial charge on any atom is 0.227 e. The molecule has 2 aliphatic rings. The van der Waals surface area contributed by atoms with Crippen molar-refractivity contribution in [1.29, 1.82) is 0 Å². The number of amides is 1. The van der Waals surface area contributed by atoms with Gasteiger partial charge in [-0.05, 0) is 43.9 Å². The summed E-state index contributed by atoms with van der Waals surface area (Å²) in [4.78, 5) is 14.7. The number of nitrogens with two attached hydrogens (primary N) is 1. The highest BCUT2D eigenvalue weighted by atomic mass is 16.5. The molecule has 5 heteroatoms. The van der Waals surface area contributed by atoms with Crippen molar-refractivity contribution < 1.29 is 9.53 Å². The Kier molecular flexibility index (Phi) is 5.30. The predicted octanol–water partition coefficient (Wildman–Crippen LogP) is 2.15. The van der Waals surface area contributed by atoms with Gasteiger partial charge in [0.25, 0.3) is 0 Å². The minimum absolute atomic E-state index is 0.0666. The Bertz CT molecular complexity index is 526. The molecular formula is C18H27N3O2. The molecule has 2 fully saturated rings. The number of nitrogens with one attached hydrogen (secondary N) is 1. The number of carbonyl (C=O) groups excluding carboxylic acids is 1. The molecular weight excluding hydrogens is 290 g/mol. The molecule has 1 heterocycles. The molecule has 0 spiro atoms. The van der Waals surface area contributed by atoms with Crippen molar-refractivity contribution in [1.82, 2.24) is 4.90 Å². The van der Waals surface area contributed by atoms with Crippen molar-refractivity contribution in [2.75, 3.05) is 31.6 Å². The fraction of sp³-hybridized carbons (Fsp3) is 0.611. The lowest BCUT2D eigenvalue weighted by Crippen LogP contribution is -2.38. The van der Waals surface area contributed by atoms with Gasteiger partial charge in [0.1, 0.15) is 0 Å². The quantitative estimate of drug-likeness (QED) is 0.893. The third-order valence-electron chi connectivity index (χ3n) is 5.10. The summed E-state index contributed by atoms with van der Waals surface area (Å²) < 4.78 is 5.41. The maximum atomic E-state index is 12.2. The van der Waals surface area contributed by atoms with E-state index in [1.807, 2.05) is 12.1 Å². The summed E-state index contributed by atoms with van der Waals surface area (Å²) in [7, 11) is 0. The second-order valence-corrected chi connectivity index (χ2v) is 6.71. The van der Waals surface area contributed by atoms with E-state index in [9.17, 15) is 4.79 Å². The molecule has 1 aromatic carbocycles. The largest absolute Gasteiger partial charge is 0.379 e. The molecule has 1 aromatic rings. The number of morpholine rings is 1. The number of carbonyl (C=O) groups is 1. The molecule has 5 nitrogen and oxygen atoms in total. The first-order chi connectivity index (χ1) is 11.1. The molecule has 1 aliphatic heterocycles. The van der Waals surface area contributed by atoms with Crippen LogP contribution in [0, 0.1) is 5.92 Å². The van der Waals surface area contributed by atoms with E-state index in [1.165, 1.54) is 5.56 Å². The van der Waals surface area contributed by atoms with Crippen LogP contribution < -0.4 is 11.1 Å². The topological polar surface area (TPSA) is 67.6 Å². The minimum Gasteiger partial charge on any atom is -0.379 e. The second kappa shape index (κ2) is 7.43. The summed E-state index contributed by atoms with van der Waals surface area (Å²) in [5, 5.41) is 3.02. The zero-order valence-corrected chi connectivity index (χ0v) is 13.8. The molecule has 1 aliphatic carbocycles. The molecule has 0 radical (unpaired) electrons. The van der Waals surface area contributed by atoms with Gasteiger partial charge in [-0.25, -0.2) is 0 Å². The summed E-state index contributed by atoms with van der Waals surface area (Å²) in [6.45, 7) is 5.78. The lowest BCUT2D eigenvalue weighted by Gasteiger charge is -2.32. The summed E-state index contributed by atoms with van der Waals surface area (Å²) in [5.74, 6) is 0.170. The van der Waals surface area contributed by atoms with Crippen molar-refractivity contribution in [2.24, 2.45) is 11.7 Å². The lowest BCUT2D eigenvalue weighted by atomic mass is 10.0. The van der Waals surface area contributed by atoms with E-state index < -0.39 is 0 Å². The van der Waals surface area contributed by atoms with Crippen molar-refractivity contribution in [2.45, 2.75) is 38.3 Å². The first kappa shape index (κ1) is 16.4. The van der Waals surface area contributed by atoms with Crippen LogP contribution in [0.3, 0.4) is 0 Å². The van der Waals surface area contributed by atoms with E-state index >= 15 is 0 Å². The Hall–Kier alpha value is -1.43. The predicted molar refractivity (Wildman–Crippen MR) is 91.2 cm³/mol. The van der Waals surface area contributed by atoms with Crippen LogP contribution in [0.4, 0.5) is 5.69 Å². The molecule has 1 saturated carbocycles. The fourth-order valence-corrected chi connectivity index (χ4v) is 3.52. The number of ether oxygens (including phenoxy) is 1. The van der Waals surface area contributed by atoms with E-state index in [4.69, 9.17) is 10.5 Å². The van der Waals surface area contributed by atoms with E-state index in [1.54, 1.807) is 0 Å². The molecule has 126 valence electrons. The summed E-state index contributed by atoms with van der Waals surface area (Å²) in [5.41, 5.74) is 8.03. The normalized spacial score (nSPS) is 26.9. The molecule has 23 heavy (non-hydrogen) atoms. The number of nitrogens with zero attached hydrogens (tertiary/aromatic N) is 1. The maximum absolute atomic E-state index is 12.2. The highest BCUT2D eigenvalue weighted by Crippen LogP contribution is 2.26. The molecule has 3 rings (SSSR count). The highest BCUT2D eigenvalue weighted by molar-refractivity contribution is 5.92. The van der Waals surface area contributed by atoms with Crippen LogP contribution in [0.5, 0.6) is 0 Å². The molecule has 3 N–H and O–H groups in total. The lowest BCUT2D eigenvalue weighted by molar-refractivity contribution is -0.119. The molecule has 1 saturated heterocycles. The number of benzene rings is 1. The van der Waals surface area contributed by atoms with Crippen LogP contribution >= 0.6 is 0 Å². The Balaban J connectivity index is 1.57. The van der Waals surface area contributed by atoms with Crippen LogP contribution in [0.2, 0.25) is 0 Å². The average molecular weight is 317 g/mol. The van der Waals surface area contributed by atoms with Gasteiger partial charge in [-0.1, -0.05) is 12.1 Å². The van der Waals surface area contributed by atoms with E-state index in [0.717, 1.165) is 51.3 Å². The number of hydrogen-bond acceptors (Lipinski definition) is 4. The van der Waals surface area contributed by atoms with Gasteiger partial charge in [-0.3, -0.25) is 9.69 Å². The zero-order valence-electron chi connectivity index (χ0n) is 13.8. The number of anilines is 1. The SMILES string of the molecule is CC(c1ccc(NC(=O)C2CCC(N)C2)cc1)N1CCOCC1. The highest BCUT2D eigenvalue weighted by Gasteiger charge is 2.27. The Morgan fingerprint density at radius 1 is 1.26 bits per heavy atom. The van der Waals surface area contributed by atoms with Crippen LogP contribution in [0.15, 0.2) is 24.3 Å².